The largest absolute Gasteiger partial charge is 0.494 e. The molecule has 16 heavy (non-hydrogen) atoms. The molecule has 2 N–H and O–H groups in total. The predicted molar refractivity (Wildman–Crippen MR) is 69.7 cm³/mol. The number of hydrogen-bond donors (Lipinski definition) is 1. The first-order valence-corrected chi connectivity index (χ1v) is 5.53. The molecule has 0 aliphatic rings. The molecular weight excluding hydrogens is 291 g/mol. The van der Waals surface area contributed by atoms with Crippen molar-refractivity contribution in [2.45, 2.75) is 19.4 Å². The lowest BCUT2D eigenvalue weighted by Crippen LogP contribution is -2.11. The summed E-state index contributed by atoms with van der Waals surface area (Å²) in [6.07, 6.45) is 0.288. The zero-order valence-corrected chi connectivity index (χ0v) is 11.3. The van der Waals surface area contributed by atoms with Crippen molar-refractivity contribution in [2.24, 2.45) is 5.73 Å². The van der Waals surface area contributed by atoms with Gasteiger partial charge >= 0.3 is 0 Å². The first kappa shape index (κ1) is 15.2. The van der Waals surface area contributed by atoms with Gasteiger partial charge in [-0.05, 0) is 25.1 Å². The van der Waals surface area contributed by atoms with Gasteiger partial charge in [-0.3, -0.25) is 0 Å². The number of ether oxygens (including phenoxy) is 1. The molecule has 0 aromatic heterocycles. The summed E-state index contributed by atoms with van der Waals surface area (Å²) < 4.78 is 6.39. The smallest absolute Gasteiger partial charge is 0.124 e. The van der Waals surface area contributed by atoms with Crippen LogP contribution in [0.3, 0.4) is 0 Å². The highest BCUT2D eigenvalue weighted by Gasteiger charge is 2.12. The van der Waals surface area contributed by atoms with Crippen molar-refractivity contribution in [3.8, 4) is 11.8 Å². The Morgan fingerprint density at radius 3 is 2.81 bits per heavy atom. The molecule has 1 atom stereocenters. The van der Waals surface area contributed by atoms with Crippen LogP contribution in [0.2, 0.25) is 0 Å². The first-order valence-electron chi connectivity index (χ1n) is 4.73. The highest BCUT2D eigenvalue weighted by Crippen LogP contribution is 2.28. The van der Waals surface area contributed by atoms with Crippen molar-refractivity contribution in [2.75, 3.05) is 6.61 Å². The SMILES string of the molecule is CCOc1ccc(Br)cc1[C@@H](N)CC#N.Cl. The average molecular weight is 306 g/mol. The molecule has 0 saturated carbocycles. The van der Waals surface area contributed by atoms with Crippen molar-refractivity contribution in [1.29, 1.82) is 5.26 Å². The lowest BCUT2D eigenvalue weighted by molar-refractivity contribution is 0.334. The Kier molecular flexibility index (Phi) is 7.15. The Morgan fingerprint density at radius 1 is 1.56 bits per heavy atom. The van der Waals surface area contributed by atoms with Gasteiger partial charge in [-0.25, -0.2) is 0 Å². The minimum Gasteiger partial charge on any atom is -0.494 e. The van der Waals surface area contributed by atoms with Crippen LogP contribution < -0.4 is 10.5 Å². The van der Waals surface area contributed by atoms with Gasteiger partial charge in [0.15, 0.2) is 0 Å². The van der Waals surface area contributed by atoms with Crippen molar-refractivity contribution in [3.05, 3.63) is 28.2 Å². The molecule has 0 saturated heterocycles. The zero-order valence-electron chi connectivity index (χ0n) is 8.94. The molecule has 0 aliphatic heterocycles. The van der Waals surface area contributed by atoms with Gasteiger partial charge in [0.05, 0.1) is 19.1 Å². The van der Waals surface area contributed by atoms with Crippen molar-refractivity contribution in [3.63, 3.8) is 0 Å². The molecule has 1 aromatic rings. The van der Waals surface area contributed by atoms with E-state index in [1.165, 1.54) is 0 Å². The van der Waals surface area contributed by atoms with Gasteiger partial charge in [-0.2, -0.15) is 5.26 Å². The second-order valence-corrected chi connectivity index (χ2v) is 4.00. The summed E-state index contributed by atoms with van der Waals surface area (Å²) in [5.41, 5.74) is 6.75. The Morgan fingerprint density at radius 2 is 2.25 bits per heavy atom. The van der Waals surface area contributed by atoms with E-state index in [-0.39, 0.29) is 24.9 Å². The van der Waals surface area contributed by atoms with Gasteiger partial charge in [0, 0.05) is 16.1 Å². The average Bonchev–Trinajstić information content (AvgIpc) is 2.21. The van der Waals surface area contributed by atoms with Crippen LogP contribution >= 0.6 is 28.3 Å². The lowest BCUT2D eigenvalue weighted by Gasteiger charge is -2.14. The fourth-order valence-electron chi connectivity index (χ4n) is 1.30. The topological polar surface area (TPSA) is 59.0 Å². The molecule has 0 heterocycles. The highest BCUT2D eigenvalue weighted by molar-refractivity contribution is 9.10. The summed E-state index contributed by atoms with van der Waals surface area (Å²) in [5.74, 6) is 0.753. The molecule has 5 heteroatoms. The van der Waals surface area contributed by atoms with E-state index in [2.05, 4.69) is 22.0 Å². The van der Waals surface area contributed by atoms with Gasteiger partial charge < -0.3 is 10.5 Å². The molecule has 0 fully saturated rings. The van der Waals surface area contributed by atoms with E-state index in [0.29, 0.717) is 6.61 Å². The molecule has 0 radical (unpaired) electrons. The van der Waals surface area contributed by atoms with Gasteiger partial charge in [0.2, 0.25) is 0 Å². The number of nitrogens with two attached hydrogens (primary N) is 1. The quantitative estimate of drug-likeness (QED) is 0.929. The number of halogens is 2. The van der Waals surface area contributed by atoms with E-state index in [4.69, 9.17) is 15.7 Å². The van der Waals surface area contributed by atoms with E-state index in [1.54, 1.807) is 0 Å². The maximum atomic E-state index is 8.61. The van der Waals surface area contributed by atoms with Crippen LogP contribution in [0.25, 0.3) is 0 Å². The van der Waals surface area contributed by atoms with E-state index in [9.17, 15) is 0 Å². The Hall–Kier alpha value is -0.760. The molecule has 0 bridgehead atoms. The molecule has 88 valence electrons. The second-order valence-electron chi connectivity index (χ2n) is 3.08. The Bertz CT molecular complexity index is 379. The minimum absolute atomic E-state index is 0. The van der Waals surface area contributed by atoms with Gasteiger partial charge in [-0.15, -0.1) is 12.4 Å². The van der Waals surface area contributed by atoms with Crippen molar-refractivity contribution < 1.29 is 4.74 Å². The third kappa shape index (κ3) is 4.01. The molecule has 1 aromatic carbocycles. The fourth-order valence-corrected chi connectivity index (χ4v) is 1.68. The van der Waals surface area contributed by atoms with Gasteiger partial charge in [-0.1, -0.05) is 15.9 Å². The second kappa shape index (κ2) is 7.50. The van der Waals surface area contributed by atoms with Crippen LogP contribution in [0, 0.1) is 11.3 Å². The molecule has 3 nitrogen and oxygen atoms in total. The molecule has 1 rings (SSSR count). The summed E-state index contributed by atoms with van der Waals surface area (Å²) in [7, 11) is 0. The standard InChI is InChI=1S/C11H13BrN2O.ClH/c1-2-15-11-4-3-8(12)7-9(11)10(14)5-6-13;/h3-4,7,10H,2,5,14H2,1H3;1H/t10-;/m0./s1. The minimum atomic E-state index is -0.297. The Labute approximate surface area is 110 Å². The number of benzene rings is 1. The summed E-state index contributed by atoms with van der Waals surface area (Å²) in [5, 5.41) is 8.61. The van der Waals surface area contributed by atoms with Crippen LogP contribution in [0.5, 0.6) is 5.75 Å². The molecule has 0 aliphatic carbocycles. The predicted octanol–water partition coefficient (Wildman–Crippen LogP) is 3.18. The number of nitriles is 1. The van der Waals surface area contributed by atoms with Crippen molar-refractivity contribution >= 4 is 28.3 Å². The highest BCUT2D eigenvalue weighted by atomic mass is 79.9. The molecular formula is C11H14BrClN2O. The monoisotopic (exact) mass is 304 g/mol. The first-order chi connectivity index (χ1) is 7.19. The molecule has 0 amide bonds. The lowest BCUT2D eigenvalue weighted by atomic mass is 10.0. The van der Waals surface area contributed by atoms with Crippen LogP contribution in [0.15, 0.2) is 22.7 Å². The van der Waals surface area contributed by atoms with E-state index in [1.807, 2.05) is 25.1 Å². The third-order valence-electron chi connectivity index (χ3n) is 1.98. The Balaban J connectivity index is 0.00000225. The third-order valence-corrected chi connectivity index (χ3v) is 2.48. The van der Waals surface area contributed by atoms with Gasteiger partial charge in [0.25, 0.3) is 0 Å². The maximum absolute atomic E-state index is 8.61. The van der Waals surface area contributed by atoms with Crippen molar-refractivity contribution in [1.82, 2.24) is 0 Å². The van der Waals surface area contributed by atoms with E-state index >= 15 is 0 Å². The number of rotatable bonds is 4. The van der Waals surface area contributed by atoms with Crippen LogP contribution in [0.1, 0.15) is 24.9 Å². The van der Waals surface area contributed by atoms with Crippen LogP contribution in [-0.4, -0.2) is 6.61 Å². The van der Waals surface area contributed by atoms with Crippen LogP contribution in [-0.2, 0) is 0 Å². The molecule has 0 unspecified atom stereocenters. The zero-order chi connectivity index (χ0) is 11.3. The van der Waals surface area contributed by atoms with E-state index in [0.717, 1.165) is 15.8 Å². The number of hydrogen-bond acceptors (Lipinski definition) is 3. The fraction of sp³-hybridized carbons (Fsp3) is 0.364. The van der Waals surface area contributed by atoms with Gasteiger partial charge in [0.1, 0.15) is 5.75 Å². The summed E-state index contributed by atoms with van der Waals surface area (Å²) in [6, 6.07) is 7.42. The maximum Gasteiger partial charge on any atom is 0.124 e. The van der Waals surface area contributed by atoms with Crippen LogP contribution in [0.4, 0.5) is 0 Å². The normalized spacial score (nSPS) is 11.1. The summed E-state index contributed by atoms with van der Waals surface area (Å²) in [6.45, 7) is 2.51. The number of nitrogens with zero attached hydrogens (tertiary/aromatic N) is 1. The summed E-state index contributed by atoms with van der Waals surface area (Å²) in [4.78, 5) is 0. The molecule has 0 spiro atoms. The van der Waals surface area contributed by atoms with E-state index < -0.39 is 0 Å². The summed E-state index contributed by atoms with van der Waals surface area (Å²) >= 11 is 3.37.